The van der Waals surface area contributed by atoms with Gasteiger partial charge < -0.3 is 60.3 Å². The van der Waals surface area contributed by atoms with Gasteiger partial charge in [0, 0.05) is 30.0 Å². The van der Waals surface area contributed by atoms with E-state index < -0.39 is 17.9 Å². The van der Waals surface area contributed by atoms with Crippen molar-refractivity contribution < 1.29 is 60.3 Å². The SMILES string of the molecule is CC(=O)[O-].CC(=O)[O-].CC(=O)[O-].Oc1ccc(O)c(O)c1.Oc1ccc(O)c(O)c1. The number of aliphatic carboxylic acids is 3. The van der Waals surface area contributed by atoms with E-state index in [9.17, 15) is 0 Å². The Morgan fingerprint density at radius 2 is 0.733 bits per heavy atom. The quantitative estimate of drug-likeness (QED) is 0.194. The largest absolute Gasteiger partial charge is 0.550 e. The van der Waals surface area contributed by atoms with Gasteiger partial charge in [-0.05, 0) is 45.0 Å². The molecule has 2 aromatic rings. The van der Waals surface area contributed by atoms with E-state index in [-0.39, 0.29) is 34.5 Å². The lowest BCUT2D eigenvalue weighted by molar-refractivity contribution is -0.303. The van der Waals surface area contributed by atoms with Crippen LogP contribution in [0.4, 0.5) is 0 Å². The van der Waals surface area contributed by atoms with Gasteiger partial charge in [-0.2, -0.15) is 0 Å². The van der Waals surface area contributed by atoms with Crippen LogP contribution in [-0.4, -0.2) is 48.5 Å². The lowest BCUT2D eigenvalue weighted by Crippen LogP contribution is -2.16. The van der Waals surface area contributed by atoms with Gasteiger partial charge in [-0.15, -0.1) is 0 Å². The zero-order chi connectivity index (χ0) is 24.4. The molecule has 0 saturated carbocycles. The molecular formula is C18H21O12-3. The number of carboxylic acid groups (broad SMARTS) is 3. The summed E-state index contributed by atoms with van der Waals surface area (Å²) < 4.78 is 0. The monoisotopic (exact) mass is 429 g/mol. The molecule has 168 valence electrons. The van der Waals surface area contributed by atoms with E-state index in [2.05, 4.69) is 0 Å². The van der Waals surface area contributed by atoms with Crippen molar-refractivity contribution in [2.75, 3.05) is 0 Å². The Kier molecular flexibility index (Phi) is 17.0. The molecule has 12 nitrogen and oxygen atoms in total. The molecule has 0 saturated heterocycles. The summed E-state index contributed by atoms with van der Waals surface area (Å²) in [5, 5.41) is 78.7. The van der Waals surface area contributed by atoms with Gasteiger partial charge in [0.2, 0.25) is 0 Å². The summed E-state index contributed by atoms with van der Waals surface area (Å²) in [5.41, 5.74) is 0. The highest BCUT2D eigenvalue weighted by atomic mass is 16.4. The summed E-state index contributed by atoms with van der Waals surface area (Å²) in [6.07, 6.45) is 0. The van der Waals surface area contributed by atoms with Crippen LogP contribution in [0.1, 0.15) is 20.8 Å². The van der Waals surface area contributed by atoms with Crippen molar-refractivity contribution in [1.29, 1.82) is 0 Å². The van der Waals surface area contributed by atoms with Crippen molar-refractivity contribution >= 4 is 17.9 Å². The molecule has 2 aromatic carbocycles. The average Bonchev–Trinajstić information content (AvgIpc) is 2.54. The van der Waals surface area contributed by atoms with E-state index >= 15 is 0 Å². The number of rotatable bonds is 0. The molecule has 0 bridgehead atoms. The number of aromatic hydroxyl groups is 6. The van der Waals surface area contributed by atoms with Crippen LogP contribution in [0, 0.1) is 0 Å². The minimum atomic E-state index is -1.08. The fourth-order valence-electron chi connectivity index (χ4n) is 1.02. The van der Waals surface area contributed by atoms with Crippen molar-refractivity contribution in [3.63, 3.8) is 0 Å². The number of hydrogen-bond acceptors (Lipinski definition) is 12. The predicted octanol–water partition coefficient (Wildman–Crippen LogP) is -2.12. The molecule has 0 atom stereocenters. The van der Waals surface area contributed by atoms with E-state index in [4.69, 9.17) is 60.3 Å². The van der Waals surface area contributed by atoms with Gasteiger partial charge in [-0.3, -0.25) is 0 Å². The third-order valence-corrected chi connectivity index (χ3v) is 1.92. The molecule has 2 rings (SSSR count). The third-order valence-electron chi connectivity index (χ3n) is 1.92. The number of carboxylic acids is 3. The Morgan fingerprint density at radius 3 is 0.867 bits per heavy atom. The maximum atomic E-state index is 8.89. The summed E-state index contributed by atoms with van der Waals surface area (Å²) in [7, 11) is 0. The molecule has 0 aliphatic heterocycles. The van der Waals surface area contributed by atoms with Crippen molar-refractivity contribution in [1.82, 2.24) is 0 Å². The Bertz CT molecular complexity index is 712. The lowest BCUT2D eigenvalue weighted by atomic mass is 10.3. The fraction of sp³-hybridized carbons (Fsp3) is 0.167. The first-order valence-corrected chi connectivity index (χ1v) is 7.54. The minimum absolute atomic E-state index is 0.0645. The Balaban J connectivity index is -0.000000325. The molecule has 30 heavy (non-hydrogen) atoms. The molecular weight excluding hydrogens is 408 g/mol. The highest BCUT2D eigenvalue weighted by molar-refractivity contribution is 5.60. The van der Waals surface area contributed by atoms with Crippen molar-refractivity contribution in [2.45, 2.75) is 20.8 Å². The number of carbonyl (C=O) groups is 3. The van der Waals surface area contributed by atoms with E-state index in [1.165, 1.54) is 24.3 Å². The topological polar surface area (TPSA) is 242 Å². The minimum Gasteiger partial charge on any atom is -0.550 e. The fourth-order valence-corrected chi connectivity index (χ4v) is 1.02. The normalized spacial score (nSPS) is 8.10. The number of phenols is 6. The van der Waals surface area contributed by atoms with Crippen molar-refractivity contribution in [2.24, 2.45) is 0 Å². The van der Waals surface area contributed by atoms with Crippen LogP contribution in [0.3, 0.4) is 0 Å². The first-order valence-electron chi connectivity index (χ1n) is 7.54. The van der Waals surface area contributed by atoms with Crippen LogP contribution in [-0.2, 0) is 14.4 Å². The number of carbonyl (C=O) groups excluding carboxylic acids is 3. The zero-order valence-electron chi connectivity index (χ0n) is 16.1. The maximum Gasteiger partial charge on any atom is 0.161 e. The molecule has 0 amide bonds. The van der Waals surface area contributed by atoms with Crippen LogP contribution < -0.4 is 15.3 Å². The Morgan fingerprint density at radius 1 is 0.533 bits per heavy atom. The first-order chi connectivity index (χ1) is 13.6. The van der Waals surface area contributed by atoms with E-state index in [1.807, 2.05) is 0 Å². The summed E-state index contributed by atoms with van der Waals surface area (Å²) in [6, 6.07) is 7.13. The second-order valence-corrected chi connectivity index (χ2v) is 4.82. The van der Waals surface area contributed by atoms with Crippen LogP contribution in [0.2, 0.25) is 0 Å². The first kappa shape index (κ1) is 30.4. The standard InChI is InChI=1S/2C6H6O3.3C2H4O2/c2*7-4-1-2-5(8)6(9)3-4;3*1-2(3)4/h2*1-3,7-9H;3*1H3,(H,3,4)/p-3. The molecule has 6 N–H and O–H groups in total. The van der Waals surface area contributed by atoms with Gasteiger partial charge in [0.1, 0.15) is 11.5 Å². The summed E-state index contributed by atoms with van der Waals surface area (Å²) in [6.45, 7) is 2.92. The highest BCUT2D eigenvalue weighted by Crippen LogP contribution is 2.28. The van der Waals surface area contributed by atoms with E-state index in [0.717, 1.165) is 32.9 Å². The lowest BCUT2D eigenvalue weighted by Gasteiger charge is -1.95. The van der Waals surface area contributed by atoms with Crippen LogP contribution in [0.5, 0.6) is 34.5 Å². The molecule has 0 aliphatic carbocycles. The molecule has 0 unspecified atom stereocenters. The zero-order valence-corrected chi connectivity index (χ0v) is 16.1. The Labute approximate surface area is 170 Å². The second-order valence-electron chi connectivity index (χ2n) is 4.82. The van der Waals surface area contributed by atoms with E-state index in [1.54, 1.807) is 0 Å². The maximum absolute atomic E-state index is 8.89. The molecule has 0 heterocycles. The van der Waals surface area contributed by atoms with Gasteiger partial charge in [-0.1, -0.05) is 0 Å². The van der Waals surface area contributed by atoms with E-state index in [0.29, 0.717) is 0 Å². The highest BCUT2D eigenvalue weighted by Gasteiger charge is 1.97. The average molecular weight is 429 g/mol. The van der Waals surface area contributed by atoms with Gasteiger partial charge in [-0.25, -0.2) is 0 Å². The molecule has 0 fully saturated rings. The van der Waals surface area contributed by atoms with Crippen molar-refractivity contribution in [3.05, 3.63) is 36.4 Å². The molecule has 0 aliphatic rings. The van der Waals surface area contributed by atoms with Crippen LogP contribution in [0.15, 0.2) is 36.4 Å². The van der Waals surface area contributed by atoms with Crippen molar-refractivity contribution in [3.8, 4) is 34.5 Å². The predicted molar refractivity (Wildman–Crippen MR) is 94.9 cm³/mol. The second kappa shape index (κ2) is 16.8. The third kappa shape index (κ3) is 25.9. The van der Waals surface area contributed by atoms with Gasteiger partial charge in [0.25, 0.3) is 0 Å². The summed E-state index contributed by atoms with van der Waals surface area (Å²) >= 11 is 0. The number of benzene rings is 2. The smallest absolute Gasteiger partial charge is 0.161 e. The summed E-state index contributed by atoms with van der Waals surface area (Å²) in [4.78, 5) is 26.7. The van der Waals surface area contributed by atoms with Crippen LogP contribution >= 0.6 is 0 Å². The number of hydrogen-bond donors (Lipinski definition) is 6. The molecule has 12 heteroatoms. The summed E-state index contributed by atoms with van der Waals surface area (Å²) in [5.74, 6) is -4.46. The molecule has 0 radical (unpaired) electrons. The number of phenolic OH excluding ortho intramolecular Hbond substituents is 6. The Hall–Kier alpha value is -4.35. The van der Waals surface area contributed by atoms with Gasteiger partial charge in [0.05, 0.1) is 0 Å². The van der Waals surface area contributed by atoms with Gasteiger partial charge in [0.15, 0.2) is 23.0 Å². The van der Waals surface area contributed by atoms with Gasteiger partial charge >= 0.3 is 0 Å². The molecule has 0 aromatic heterocycles. The molecule has 0 spiro atoms. The van der Waals surface area contributed by atoms with Crippen LogP contribution in [0.25, 0.3) is 0 Å².